The van der Waals surface area contributed by atoms with Crippen LogP contribution in [0.4, 0.5) is 17.1 Å². The van der Waals surface area contributed by atoms with Crippen LogP contribution in [0.1, 0.15) is 0 Å². The number of fused-ring (bicyclic) bond motifs is 8. The largest absolute Gasteiger partial charge is 0.454 e. The van der Waals surface area contributed by atoms with Crippen molar-refractivity contribution in [2.45, 2.75) is 0 Å². The predicted molar refractivity (Wildman–Crippen MR) is 227 cm³/mol. The summed E-state index contributed by atoms with van der Waals surface area (Å²) in [7, 11) is 0. The van der Waals surface area contributed by atoms with Gasteiger partial charge < -0.3 is 9.32 Å². The van der Waals surface area contributed by atoms with Gasteiger partial charge in [0, 0.05) is 42.3 Å². The molecule has 0 aliphatic carbocycles. The monoisotopic (exact) mass is 693 g/mol. The summed E-state index contributed by atoms with van der Waals surface area (Å²) in [5.74, 6) is 0. The minimum atomic E-state index is 0.873. The molecule has 248 valence electrons. The maximum atomic E-state index is 6.61. The van der Waals surface area contributed by atoms with Gasteiger partial charge in [-0.15, -0.1) is 11.3 Å². The van der Waals surface area contributed by atoms with Crippen LogP contribution in [0.5, 0.6) is 0 Å². The van der Waals surface area contributed by atoms with Crippen molar-refractivity contribution in [3.63, 3.8) is 0 Å². The van der Waals surface area contributed by atoms with Gasteiger partial charge in [-0.05, 0) is 98.4 Å². The van der Waals surface area contributed by atoms with E-state index in [-0.39, 0.29) is 0 Å². The molecule has 0 fully saturated rings. The molecule has 0 N–H and O–H groups in total. The lowest BCUT2D eigenvalue weighted by atomic mass is 9.96. The van der Waals surface area contributed by atoms with Gasteiger partial charge in [-0.25, -0.2) is 0 Å². The number of furan rings is 1. The number of thiophene rings is 1. The van der Waals surface area contributed by atoms with E-state index >= 15 is 0 Å². The Morgan fingerprint density at radius 3 is 1.74 bits per heavy atom. The highest BCUT2D eigenvalue weighted by atomic mass is 32.1. The SMILES string of the molecule is c1ccc2c(-c3ccc(N(c4ccc(-c5cccc6cc7c(cc56)sc5ccccc57)cc4)c4cccc5c4oc4ccccc45)cc3)cccc2c1. The van der Waals surface area contributed by atoms with Gasteiger partial charge in [0.25, 0.3) is 0 Å². The summed E-state index contributed by atoms with van der Waals surface area (Å²) >= 11 is 1.87. The Morgan fingerprint density at radius 1 is 0.377 bits per heavy atom. The first-order valence-electron chi connectivity index (χ1n) is 18.0. The van der Waals surface area contributed by atoms with Crippen LogP contribution in [-0.2, 0) is 0 Å². The van der Waals surface area contributed by atoms with E-state index in [1.165, 1.54) is 64.0 Å². The van der Waals surface area contributed by atoms with Crippen LogP contribution in [0.15, 0.2) is 192 Å². The first-order valence-corrected chi connectivity index (χ1v) is 18.8. The number of hydrogen-bond acceptors (Lipinski definition) is 3. The molecule has 0 unspecified atom stereocenters. The van der Waals surface area contributed by atoms with Gasteiger partial charge in [-0.3, -0.25) is 0 Å². The normalized spacial score (nSPS) is 11.8. The molecule has 53 heavy (non-hydrogen) atoms. The third kappa shape index (κ3) is 4.86. The molecule has 9 aromatic carbocycles. The molecular formula is C50H31NOS. The first-order chi connectivity index (χ1) is 26.3. The van der Waals surface area contributed by atoms with Crippen molar-refractivity contribution in [1.29, 1.82) is 0 Å². The zero-order chi connectivity index (χ0) is 34.9. The molecule has 0 spiro atoms. The summed E-state index contributed by atoms with van der Waals surface area (Å²) in [4.78, 5) is 2.32. The summed E-state index contributed by atoms with van der Waals surface area (Å²) in [5.41, 5.74) is 9.73. The van der Waals surface area contributed by atoms with Gasteiger partial charge >= 0.3 is 0 Å². The van der Waals surface area contributed by atoms with Gasteiger partial charge in [0.05, 0.1) is 5.69 Å². The Morgan fingerprint density at radius 2 is 0.962 bits per heavy atom. The summed E-state index contributed by atoms with van der Waals surface area (Å²) in [6.07, 6.45) is 0. The molecule has 0 bridgehead atoms. The zero-order valence-electron chi connectivity index (χ0n) is 28.7. The molecule has 2 aromatic heterocycles. The number of anilines is 3. The minimum Gasteiger partial charge on any atom is -0.454 e. The topological polar surface area (TPSA) is 16.4 Å². The van der Waals surface area contributed by atoms with E-state index in [9.17, 15) is 0 Å². The van der Waals surface area contributed by atoms with Crippen LogP contribution in [0.25, 0.3) is 85.9 Å². The fraction of sp³-hybridized carbons (Fsp3) is 0. The molecule has 0 aliphatic rings. The number of benzene rings is 9. The second kappa shape index (κ2) is 11.9. The van der Waals surface area contributed by atoms with Gasteiger partial charge in [0.2, 0.25) is 0 Å². The highest BCUT2D eigenvalue weighted by Crippen LogP contribution is 2.44. The van der Waals surface area contributed by atoms with Crippen molar-refractivity contribution in [2.24, 2.45) is 0 Å². The van der Waals surface area contributed by atoms with Crippen molar-refractivity contribution in [3.05, 3.63) is 188 Å². The summed E-state index contributed by atoms with van der Waals surface area (Å²) < 4.78 is 9.25. The van der Waals surface area contributed by atoms with Crippen molar-refractivity contribution in [1.82, 2.24) is 0 Å². The van der Waals surface area contributed by atoms with E-state index in [0.29, 0.717) is 0 Å². The van der Waals surface area contributed by atoms with E-state index in [4.69, 9.17) is 4.42 Å². The fourth-order valence-electron chi connectivity index (χ4n) is 8.14. The molecule has 0 atom stereocenters. The van der Waals surface area contributed by atoms with Crippen molar-refractivity contribution >= 4 is 92.1 Å². The zero-order valence-corrected chi connectivity index (χ0v) is 29.5. The van der Waals surface area contributed by atoms with Gasteiger partial charge in [-0.2, -0.15) is 0 Å². The van der Waals surface area contributed by atoms with E-state index < -0.39 is 0 Å². The van der Waals surface area contributed by atoms with Gasteiger partial charge in [0.1, 0.15) is 5.58 Å². The van der Waals surface area contributed by atoms with Crippen LogP contribution in [0, 0.1) is 0 Å². The lowest BCUT2D eigenvalue weighted by Crippen LogP contribution is -2.10. The van der Waals surface area contributed by atoms with E-state index in [0.717, 1.165) is 39.0 Å². The van der Waals surface area contributed by atoms with Gasteiger partial charge in [-0.1, -0.05) is 133 Å². The summed E-state index contributed by atoms with van der Waals surface area (Å²) in [5, 5.41) is 9.90. The van der Waals surface area contributed by atoms with E-state index in [1.807, 2.05) is 23.5 Å². The number of hydrogen-bond donors (Lipinski definition) is 0. The molecule has 3 heteroatoms. The third-order valence-electron chi connectivity index (χ3n) is 10.7. The van der Waals surface area contributed by atoms with Crippen LogP contribution in [0.2, 0.25) is 0 Å². The smallest absolute Gasteiger partial charge is 0.159 e. The predicted octanol–water partition coefficient (Wildman–Crippen LogP) is 15.1. The van der Waals surface area contributed by atoms with E-state index in [2.05, 4.69) is 181 Å². The maximum absolute atomic E-state index is 6.61. The molecule has 0 saturated carbocycles. The van der Waals surface area contributed by atoms with Crippen molar-refractivity contribution < 1.29 is 4.42 Å². The molecule has 0 amide bonds. The van der Waals surface area contributed by atoms with Crippen molar-refractivity contribution in [3.8, 4) is 22.3 Å². The Labute approximate surface area is 310 Å². The molecule has 0 saturated heterocycles. The number of nitrogens with zero attached hydrogens (tertiary/aromatic N) is 1. The molecule has 11 aromatic rings. The summed E-state index contributed by atoms with van der Waals surface area (Å²) in [6, 6.07) is 67.9. The molecule has 2 nitrogen and oxygen atoms in total. The van der Waals surface area contributed by atoms with Crippen LogP contribution >= 0.6 is 11.3 Å². The number of para-hydroxylation sites is 2. The Hall–Kier alpha value is -6.68. The molecular weight excluding hydrogens is 663 g/mol. The third-order valence-corrected chi connectivity index (χ3v) is 11.8. The average Bonchev–Trinajstić information content (AvgIpc) is 3.79. The minimum absolute atomic E-state index is 0.873. The molecule has 11 rings (SSSR count). The van der Waals surface area contributed by atoms with Crippen LogP contribution in [0.3, 0.4) is 0 Å². The second-order valence-electron chi connectivity index (χ2n) is 13.7. The van der Waals surface area contributed by atoms with Gasteiger partial charge in [0.15, 0.2) is 5.58 Å². The van der Waals surface area contributed by atoms with Crippen LogP contribution in [-0.4, -0.2) is 0 Å². The highest BCUT2D eigenvalue weighted by molar-refractivity contribution is 7.25. The Kier molecular flexibility index (Phi) is 6.76. The first kappa shape index (κ1) is 30.0. The molecule has 0 radical (unpaired) electrons. The highest BCUT2D eigenvalue weighted by Gasteiger charge is 2.20. The number of rotatable bonds is 5. The Balaban J connectivity index is 1.05. The Bertz CT molecular complexity index is 3160. The lowest BCUT2D eigenvalue weighted by Gasteiger charge is -2.26. The second-order valence-corrected chi connectivity index (χ2v) is 14.8. The van der Waals surface area contributed by atoms with Crippen molar-refractivity contribution in [2.75, 3.05) is 4.90 Å². The molecule has 0 aliphatic heterocycles. The fourth-order valence-corrected chi connectivity index (χ4v) is 9.27. The lowest BCUT2D eigenvalue weighted by molar-refractivity contribution is 0.669. The van der Waals surface area contributed by atoms with E-state index in [1.54, 1.807) is 0 Å². The average molecular weight is 694 g/mol. The maximum Gasteiger partial charge on any atom is 0.159 e. The quantitative estimate of drug-likeness (QED) is 0.178. The van der Waals surface area contributed by atoms with Crippen LogP contribution < -0.4 is 4.90 Å². The summed E-state index contributed by atoms with van der Waals surface area (Å²) in [6.45, 7) is 0. The molecule has 2 heterocycles. The standard InChI is InChI=1S/C50H31NOS/c1-2-13-38-32(10-1)11-7-16-39(38)33-22-26-36(27-23-33)51(46-19-9-18-43-41-14-3-5-20-47(41)52-50(43)46)37-28-24-34(25-29-37)40-17-8-12-35-30-45-42-15-4-6-21-48(42)53-49(45)31-44(35)40/h1-31H.